The molecule has 0 N–H and O–H groups in total. The van der Waals surface area contributed by atoms with Gasteiger partial charge in [0, 0.05) is 12.1 Å². The van der Waals surface area contributed by atoms with Crippen LogP contribution in [0.25, 0.3) is 16.6 Å². The third-order valence-corrected chi connectivity index (χ3v) is 3.79. The molecule has 23 heavy (non-hydrogen) atoms. The number of halogens is 2. The molecule has 6 heteroatoms. The maximum Gasteiger partial charge on any atom is 0.230 e. The minimum atomic E-state index is -0.487. The molecule has 0 aliphatic heterocycles. The predicted molar refractivity (Wildman–Crippen MR) is 86.7 cm³/mol. The van der Waals surface area contributed by atoms with Gasteiger partial charge in [-0.05, 0) is 31.2 Å². The van der Waals surface area contributed by atoms with Gasteiger partial charge < -0.3 is 4.74 Å². The van der Waals surface area contributed by atoms with Gasteiger partial charge >= 0.3 is 0 Å². The van der Waals surface area contributed by atoms with Crippen LogP contribution in [0.5, 0.6) is 11.6 Å². The highest BCUT2D eigenvalue weighted by molar-refractivity contribution is 6.30. The zero-order valence-corrected chi connectivity index (χ0v) is 12.9. The molecule has 0 unspecified atom stereocenters. The molecule has 0 spiro atoms. The Bertz CT molecular complexity index is 1040. The zero-order chi connectivity index (χ0) is 16.0. The Morgan fingerprint density at radius 2 is 1.96 bits per heavy atom. The Balaban J connectivity index is 1.92. The molecule has 4 rings (SSSR count). The quantitative estimate of drug-likeness (QED) is 0.532. The second-order valence-electron chi connectivity index (χ2n) is 5.17. The third kappa shape index (κ3) is 2.39. The van der Waals surface area contributed by atoms with E-state index in [0.29, 0.717) is 17.3 Å². The minimum Gasteiger partial charge on any atom is -0.438 e. The summed E-state index contributed by atoms with van der Waals surface area (Å²) in [5, 5.41) is 5.26. The van der Waals surface area contributed by atoms with Gasteiger partial charge in [-0.25, -0.2) is 8.91 Å². The molecule has 0 fully saturated rings. The van der Waals surface area contributed by atoms with E-state index in [0.717, 1.165) is 16.6 Å². The van der Waals surface area contributed by atoms with Crippen molar-refractivity contribution in [2.75, 3.05) is 0 Å². The first-order valence-electron chi connectivity index (χ1n) is 7.00. The number of hydrogen-bond acceptors (Lipinski definition) is 3. The van der Waals surface area contributed by atoms with Crippen LogP contribution in [0, 0.1) is 12.7 Å². The molecule has 0 saturated heterocycles. The van der Waals surface area contributed by atoms with Crippen LogP contribution >= 0.6 is 11.6 Å². The Kier molecular flexibility index (Phi) is 3.16. The van der Waals surface area contributed by atoms with Crippen molar-refractivity contribution in [3.8, 4) is 11.6 Å². The highest BCUT2D eigenvalue weighted by Crippen LogP contribution is 2.30. The van der Waals surface area contributed by atoms with Crippen molar-refractivity contribution in [2.45, 2.75) is 6.92 Å². The maximum absolute atomic E-state index is 13.3. The van der Waals surface area contributed by atoms with E-state index in [1.807, 2.05) is 37.3 Å². The van der Waals surface area contributed by atoms with Gasteiger partial charge in [-0.1, -0.05) is 23.7 Å². The van der Waals surface area contributed by atoms with Gasteiger partial charge in [0.2, 0.25) is 5.88 Å². The second kappa shape index (κ2) is 5.21. The van der Waals surface area contributed by atoms with Gasteiger partial charge in [-0.2, -0.15) is 10.1 Å². The number of aryl methyl sites for hydroxylation is 1. The first-order valence-corrected chi connectivity index (χ1v) is 7.37. The molecule has 0 bridgehead atoms. The molecule has 0 atom stereocenters. The minimum absolute atomic E-state index is 0.00748. The lowest BCUT2D eigenvalue weighted by Crippen LogP contribution is -1.97. The van der Waals surface area contributed by atoms with Crippen LogP contribution in [0.15, 0.2) is 48.5 Å². The average Bonchev–Trinajstić information content (AvgIpc) is 2.92. The van der Waals surface area contributed by atoms with E-state index in [1.165, 1.54) is 18.2 Å². The van der Waals surface area contributed by atoms with Gasteiger partial charge in [0.25, 0.3) is 0 Å². The van der Waals surface area contributed by atoms with Gasteiger partial charge in [0.15, 0.2) is 5.65 Å². The fourth-order valence-corrected chi connectivity index (χ4v) is 2.65. The Labute approximate surface area is 136 Å². The largest absolute Gasteiger partial charge is 0.438 e. The first-order chi connectivity index (χ1) is 11.1. The van der Waals surface area contributed by atoms with Gasteiger partial charge in [-0.3, -0.25) is 0 Å². The Hall–Kier alpha value is -2.66. The number of ether oxygens (including phenoxy) is 1. The van der Waals surface area contributed by atoms with E-state index in [9.17, 15) is 4.39 Å². The molecule has 2 aromatic carbocycles. The molecule has 114 valence electrons. The summed E-state index contributed by atoms with van der Waals surface area (Å²) in [4.78, 5) is 4.51. The molecular weight excluding hydrogens is 317 g/mol. The number of hydrogen-bond donors (Lipinski definition) is 0. The topological polar surface area (TPSA) is 39.4 Å². The molecule has 0 saturated carbocycles. The van der Waals surface area contributed by atoms with Crippen LogP contribution in [0.2, 0.25) is 5.02 Å². The van der Waals surface area contributed by atoms with E-state index < -0.39 is 5.82 Å². The Morgan fingerprint density at radius 1 is 1.13 bits per heavy atom. The normalized spacial score (nSPS) is 11.3. The van der Waals surface area contributed by atoms with Crippen molar-refractivity contribution in [1.29, 1.82) is 0 Å². The first kappa shape index (κ1) is 14.0. The maximum atomic E-state index is 13.3. The Morgan fingerprint density at radius 3 is 2.78 bits per heavy atom. The van der Waals surface area contributed by atoms with E-state index >= 15 is 0 Å². The van der Waals surface area contributed by atoms with Crippen molar-refractivity contribution in [1.82, 2.24) is 14.6 Å². The lowest BCUT2D eigenvalue weighted by atomic mass is 10.2. The number of aromatic nitrogens is 3. The molecule has 0 aliphatic carbocycles. The van der Waals surface area contributed by atoms with Crippen LogP contribution in [0.4, 0.5) is 4.39 Å². The van der Waals surface area contributed by atoms with Crippen LogP contribution in [0.1, 0.15) is 5.69 Å². The lowest BCUT2D eigenvalue weighted by Gasteiger charge is -2.09. The number of para-hydroxylation sites is 1. The van der Waals surface area contributed by atoms with Crippen molar-refractivity contribution < 1.29 is 9.13 Å². The molecule has 0 amide bonds. The zero-order valence-electron chi connectivity index (χ0n) is 12.1. The number of fused-ring (bicyclic) bond motifs is 3. The molecule has 0 aliphatic rings. The highest BCUT2D eigenvalue weighted by atomic mass is 35.5. The summed E-state index contributed by atoms with van der Waals surface area (Å²) in [5.41, 5.74) is 2.43. The summed E-state index contributed by atoms with van der Waals surface area (Å²) >= 11 is 5.81. The summed E-state index contributed by atoms with van der Waals surface area (Å²) in [6.07, 6.45) is 0. The number of benzene rings is 2. The predicted octanol–water partition coefficient (Wildman–Crippen LogP) is 4.78. The van der Waals surface area contributed by atoms with Gasteiger partial charge in [0.05, 0.1) is 21.6 Å². The number of nitrogens with zero attached hydrogens (tertiary/aromatic N) is 3. The third-order valence-electron chi connectivity index (χ3n) is 3.50. The molecule has 4 aromatic rings. The van der Waals surface area contributed by atoms with Crippen molar-refractivity contribution in [3.63, 3.8) is 0 Å². The fraction of sp³-hybridized carbons (Fsp3) is 0.0588. The van der Waals surface area contributed by atoms with Crippen LogP contribution < -0.4 is 4.74 Å². The second-order valence-corrected chi connectivity index (χ2v) is 5.58. The monoisotopic (exact) mass is 327 g/mol. The summed E-state index contributed by atoms with van der Waals surface area (Å²) < 4.78 is 20.9. The van der Waals surface area contributed by atoms with Crippen molar-refractivity contribution in [3.05, 3.63) is 65.1 Å². The summed E-state index contributed by atoms with van der Waals surface area (Å²) in [5.74, 6) is 0.365. The molecule has 2 heterocycles. The SMILES string of the molecule is Cc1cc2nc(Oc3ccc(F)c(Cl)c3)c3ccccc3n2n1. The lowest BCUT2D eigenvalue weighted by molar-refractivity contribution is 0.468. The van der Waals surface area contributed by atoms with Crippen LogP contribution in [0.3, 0.4) is 0 Å². The summed E-state index contributed by atoms with van der Waals surface area (Å²) in [6, 6.07) is 13.8. The van der Waals surface area contributed by atoms with E-state index in [2.05, 4.69) is 10.1 Å². The summed E-state index contributed by atoms with van der Waals surface area (Å²) in [6.45, 7) is 1.91. The average molecular weight is 328 g/mol. The van der Waals surface area contributed by atoms with Crippen LogP contribution in [-0.2, 0) is 0 Å². The van der Waals surface area contributed by atoms with Crippen molar-refractivity contribution >= 4 is 28.2 Å². The standard InChI is InChI=1S/C17H11ClFN3O/c1-10-8-16-20-17(23-11-6-7-14(19)13(18)9-11)12-4-2-3-5-15(12)22(16)21-10/h2-9H,1H3. The van der Waals surface area contributed by atoms with Gasteiger partial charge in [0.1, 0.15) is 11.6 Å². The molecule has 0 radical (unpaired) electrons. The fourth-order valence-electron chi connectivity index (χ4n) is 2.48. The molecule has 2 aromatic heterocycles. The van der Waals surface area contributed by atoms with Gasteiger partial charge in [-0.15, -0.1) is 0 Å². The van der Waals surface area contributed by atoms with Crippen LogP contribution in [-0.4, -0.2) is 14.6 Å². The number of rotatable bonds is 2. The molecule has 4 nitrogen and oxygen atoms in total. The summed E-state index contributed by atoms with van der Waals surface area (Å²) in [7, 11) is 0. The van der Waals surface area contributed by atoms with Crippen molar-refractivity contribution in [2.24, 2.45) is 0 Å². The van der Waals surface area contributed by atoms with E-state index in [1.54, 1.807) is 4.52 Å². The smallest absolute Gasteiger partial charge is 0.230 e. The van der Waals surface area contributed by atoms with E-state index in [4.69, 9.17) is 16.3 Å². The van der Waals surface area contributed by atoms with E-state index in [-0.39, 0.29) is 5.02 Å². The highest BCUT2D eigenvalue weighted by Gasteiger charge is 2.12. The molecular formula is C17H11ClFN3O.